The molecule has 6 nitrogen and oxygen atoms in total. The van der Waals surface area contributed by atoms with E-state index in [1.165, 1.54) is 4.52 Å². The van der Waals surface area contributed by atoms with E-state index in [0.29, 0.717) is 23.4 Å². The van der Waals surface area contributed by atoms with Gasteiger partial charge in [0.05, 0.1) is 7.11 Å². The zero-order valence-corrected chi connectivity index (χ0v) is 12.4. The number of ether oxygens (including phenoxy) is 1. The van der Waals surface area contributed by atoms with Crippen LogP contribution in [0.25, 0.3) is 5.78 Å². The predicted octanol–water partition coefficient (Wildman–Crippen LogP) is 2.71. The number of aryl methyl sites for hydroxylation is 1. The Balaban J connectivity index is 1.80. The van der Waals surface area contributed by atoms with Crippen molar-refractivity contribution in [2.45, 2.75) is 13.5 Å². The first-order valence-electron chi connectivity index (χ1n) is 6.42. The minimum atomic E-state index is 0.480. The second-order valence-corrected chi connectivity index (χ2v) is 4.96. The summed E-state index contributed by atoms with van der Waals surface area (Å²) in [6, 6.07) is 9.54. The molecule has 2 heterocycles. The van der Waals surface area contributed by atoms with Crippen LogP contribution in [0.1, 0.15) is 11.3 Å². The summed E-state index contributed by atoms with van der Waals surface area (Å²) in [7, 11) is 1.65. The van der Waals surface area contributed by atoms with Crippen molar-refractivity contribution < 1.29 is 4.74 Å². The number of nitrogens with zero attached hydrogens (tertiary/aromatic N) is 4. The van der Waals surface area contributed by atoms with Crippen molar-refractivity contribution in [2.75, 3.05) is 12.4 Å². The van der Waals surface area contributed by atoms with Gasteiger partial charge in [-0.1, -0.05) is 23.7 Å². The highest BCUT2D eigenvalue weighted by Crippen LogP contribution is 2.15. The van der Waals surface area contributed by atoms with Crippen molar-refractivity contribution in [2.24, 2.45) is 0 Å². The molecule has 0 fully saturated rings. The Kier molecular flexibility index (Phi) is 3.62. The molecule has 7 heteroatoms. The second kappa shape index (κ2) is 5.57. The van der Waals surface area contributed by atoms with Crippen LogP contribution in [-0.4, -0.2) is 26.7 Å². The van der Waals surface area contributed by atoms with Gasteiger partial charge >= 0.3 is 0 Å². The number of halogens is 1. The van der Waals surface area contributed by atoms with Crippen LogP contribution in [0, 0.1) is 6.92 Å². The summed E-state index contributed by atoms with van der Waals surface area (Å²) in [4.78, 5) is 8.59. The van der Waals surface area contributed by atoms with Crippen LogP contribution in [0.2, 0.25) is 5.15 Å². The van der Waals surface area contributed by atoms with Crippen LogP contribution >= 0.6 is 11.6 Å². The zero-order valence-electron chi connectivity index (χ0n) is 11.7. The SMILES string of the molecule is COc1cccc(CNc2nc3nc(C)cc(Cl)n3n2)c1. The van der Waals surface area contributed by atoms with Gasteiger partial charge in [0.2, 0.25) is 5.95 Å². The largest absolute Gasteiger partial charge is 0.497 e. The summed E-state index contributed by atoms with van der Waals surface area (Å²) in [6.45, 7) is 2.45. The molecular weight excluding hydrogens is 290 g/mol. The molecule has 0 aliphatic heterocycles. The summed E-state index contributed by atoms with van der Waals surface area (Å²) in [6.07, 6.45) is 0. The van der Waals surface area contributed by atoms with Gasteiger partial charge in [0.25, 0.3) is 5.78 Å². The molecule has 0 saturated heterocycles. The summed E-state index contributed by atoms with van der Waals surface area (Å²) >= 11 is 6.11. The Morgan fingerprint density at radius 1 is 1.29 bits per heavy atom. The standard InChI is InChI=1S/C14H14ClN5O/c1-9-6-12(15)20-14(17-9)18-13(19-20)16-8-10-4-3-5-11(7-10)21-2/h3-7H,8H2,1-2H3,(H,16,19). The number of methoxy groups -OCH3 is 1. The van der Waals surface area contributed by atoms with Crippen molar-refractivity contribution in [1.29, 1.82) is 0 Å². The molecule has 0 bridgehead atoms. The average Bonchev–Trinajstić information content (AvgIpc) is 2.88. The van der Waals surface area contributed by atoms with Gasteiger partial charge in [-0.15, -0.1) is 5.10 Å². The van der Waals surface area contributed by atoms with Gasteiger partial charge in [-0.2, -0.15) is 9.50 Å². The van der Waals surface area contributed by atoms with Gasteiger partial charge in [-0.3, -0.25) is 0 Å². The Hall–Kier alpha value is -2.34. The average molecular weight is 304 g/mol. The van der Waals surface area contributed by atoms with E-state index in [4.69, 9.17) is 16.3 Å². The van der Waals surface area contributed by atoms with Crippen LogP contribution in [-0.2, 0) is 6.54 Å². The molecule has 0 unspecified atom stereocenters. The van der Waals surface area contributed by atoms with E-state index in [0.717, 1.165) is 17.0 Å². The van der Waals surface area contributed by atoms with E-state index in [-0.39, 0.29) is 0 Å². The van der Waals surface area contributed by atoms with Gasteiger partial charge in [0.15, 0.2) is 0 Å². The maximum atomic E-state index is 6.11. The predicted molar refractivity (Wildman–Crippen MR) is 80.8 cm³/mol. The third kappa shape index (κ3) is 2.90. The van der Waals surface area contributed by atoms with Crippen LogP contribution in [0.3, 0.4) is 0 Å². The van der Waals surface area contributed by atoms with Crippen molar-refractivity contribution in [3.63, 3.8) is 0 Å². The van der Waals surface area contributed by atoms with Gasteiger partial charge in [-0.25, -0.2) is 4.98 Å². The Morgan fingerprint density at radius 2 is 2.14 bits per heavy atom. The third-order valence-corrected chi connectivity index (χ3v) is 3.25. The van der Waals surface area contributed by atoms with E-state index in [9.17, 15) is 0 Å². The lowest BCUT2D eigenvalue weighted by atomic mass is 10.2. The van der Waals surface area contributed by atoms with Gasteiger partial charge < -0.3 is 10.1 Å². The molecule has 0 radical (unpaired) electrons. The van der Waals surface area contributed by atoms with Crippen LogP contribution in [0.5, 0.6) is 5.75 Å². The fourth-order valence-electron chi connectivity index (χ4n) is 1.98. The molecule has 0 aliphatic rings. The number of nitrogens with one attached hydrogen (secondary N) is 1. The first-order chi connectivity index (χ1) is 10.2. The van der Waals surface area contributed by atoms with Crippen LogP contribution in [0.15, 0.2) is 30.3 Å². The van der Waals surface area contributed by atoms with Gasteiger partial charge in [0, 0.05) is 12.2 Å². The molecule has 0 aliphatic carbocycles. The number of fused-ring (bicyclic) bond motifs is 1. The van der Waals surface area contributed by atoms with Crippen LogP contribution < -0.4 is 10.1 Å². The fraction of sp³-hybridized carbons (Fsp3) is 0.214. The zero-order chi connectivity index (χ0) is 14.8. The first kappa shape index (κ1) is 13.6. The molecule has 3 aromatic rings. The number of aromatic nitrogens is 4. The smallest absolute Gasteiger partial charge is 0.255 e. The summed E-state index contributed by atoms with van der Waals surface area (Å²) in [5.74, 6) is 1.78. The van der Waals surface area contributed by atoms with E-state index in [1.807, 2.05) is 31.2 Å². The highest BCUT2D eigenvalue weighted by Gasteiger charge is 2.08. The number of hydrogen-bond acceptors (Lipinski definition) is 5. The molecule has 0 spiro atoms. The lowest BCUT2D eigenvalue weighted by Gasteiger charge is -2.04. The molecule has 0 saturated carbocycles. The maximum Gasteiger partial charge on any atom is 0.255 e. The van der Waals surface area contributed by atoms with Crippen LogP contribution in [0.4, 0.5) is 5.95 Å². The van der Waals surface area contributed by atoms with Crippen molar-refractivity contribution >= 4 is 23.3 Å². The lowest BCUT2D eigenvalue weighted by Crippen LogP contribution is -2.01. The Bertz CT molecular complexity index is 786. The quantitative estimate of drug-likeness (QED) is 0.751. The summed E-state index contributed by atoms with van der Waals surface area (Å²) < 4.78 is 6.70. The number of hydrogen-bond donors (Lipinski definition) is 1. The lowest BCUT2D eigenvalue weighted by molar-refractivity contribution is 0.414. The molecule has 1 aromatic carbocycles. The Morgan fingerprint density at radius 3 is 2.95 bits per heavy atom. The molecule has 108 valence electrons. The minimum absolute atomic E-state index is 0.480. The number of benzene rings is 1. The monoisotopic (exact) mass is 303 g/mol. The molecule has 0 amide bonds. The first-order valence-corrected chi connectivity index (χ1v) is 6.80. The normalized spacial score (nSPS) is 10.8. The molecule has 3 rings (SSSR count). The molecule has 21 heavy (non-hydrogen) atoms. The van der Waals surface area contributed by atoms with Gasteiger partial charge in [-0.05, 0) is 30.7 Å². The highest BCUT2D eigenvalue weighted by molar-refractivity contribution is 6.29. The topological polar surface area (TPSA) is 64.3 Å². The van der Waals surface area contributed by atoms with E-state index in [2.05, 4.69) is 20.4 Å². The third-order valence-electron chi connectivity index (χ3n) is 2.98. The fourth-order valence-corrected chi connectivity index (χ4v) is 2.25. The highest BCUT2D eigenvalue weighted by atomic mass is 35.5. The number of anilines is 1. The van der Waals surface area contributed by atoms with E-state index >= 15 is 0 Å². The second-order valence-electron chi connectivity index (χ2n) is 4.57. The van der Waals surface area contributed by atoms with Crippen molar-refractivity contribution in [3.05, 3.63) is 46.7 Å². The molecule has 2 aromatic heterocycles. The summed E-state index contributed by atoms with van der Waals surface area (Å²) in [5.41, 5.74) is 1.88. The maximum absolute atomic E-state index is 6.11. The number of rotatable bonds is 4. The summed E-state index contributed by atoms with van der Waals surface area (Å²) in [5, 5.41) is 7.92. The molecule has 1 N–H and O–H groups in total. The molecule has 0 atom stereocenters. The molecular formula is C14H14ClN5O. The minimum Gasteiger partial charge on any atom is -0.497 e. The van der Waals surface area contributed by atoms with E-state index < -0.39 is 0 Å². The van der Waals surface area contributed by atoms with E-state index in [1.54, 1.807) is 13.2 Å². The van der Waals surface area contributed by atoms with Crippen molar-refractivity contribution in [1.82, 2.24) is 19.6 Å². The van der Waals surface area contributed by atoms with Gasteiger partial charge in [0.1, 0.15) is 10.9 Å². The Labute approximate surface area is 126 Å². The van der Waals surface area contributed by atoms with Crippen molar-refractivity contribution in [3.8, 4) is 5.75 Å².